The number of hydrogen-bond donors (Lipinski definition) is 0. The van der Waals surface area contributed by atoms with E-state index in [1.165, 1.54) is 0 Å². The highest BCUT2D eigenvalue weighted by Gasteiger charge is 2.23. The molecule has 4 rings (SSSR count). The molecule has 2 aromatic carbocycles. The molecule has 1 saturated heterocycles. The van der Waals surface area contributed by atoms with E-state index in [1.54, 1.807) is 30.2 Å². The number of methoxy groups -OCH3 is 1. The van der Waals surface area contributed by atoms with Gasteiger partial charge < -0.3 is 14.5 Å². The van der Waals surface area contributed by atoms with Crippen molar-refractivity contribution in [3.63, 3.8) is 0 Å². The molecule has 0 saturated carbocycles. The van der Waals surface area contributed by atoms with Gasteiger partial charge in [-0.25, -0.2) is 4.98 Å². The van der Waals surface area contributed by atoms with Crippen molar-refractivity contribution in [1.82, 2.24) is 9.88 Å². The summed E-state index contributed by atoms with van der Waals surface area (Å²) in [5.74, 6) is 1.85. The molecular formula is C21H22ClN3O2S2. The van der Waals surface area contributed by atoms with Crippen LogP contribution in [0.3, 0.4) is 0 Å². The molecule has 5 nitrogen and oxygen atoms in total. The van der Waals surface area contributed by atoms with Gasteiger partial charge in [-0.2, -0.15) is 0 Å². The van der Waals surface area contributed by atoms with E-state index in [4.69, 9.17) is 21.3 Å². The van der Waals surface area contributed by atoms with E-state index in [9.17, 15) is 4.79 Å². The van der Waals surface area contributed by atoms with Crippen molar-refractivity contribution in [2.45, 2.75) is 11.3 Å². The molecule has 1 aliphatic heterocycles. The number of thiazole rings is 1. The Hall–Kier alpha value is -1.96. The first kappa shape index (κ1) is 20.3. The molecular weight excluding hydrogens is 426 g/mol. The first-order valence-corrected chi connectivity index (χ1v) is 11.7. The maximum Gasteiger partial charge on any atom is 0.223 e. The number of piperazine rings is 1. The van der Waals surface area contributed by atoms with Crippen LogP contribution >= 0.6 is 34.7 Å². The lowest BCUT2D eigenvalue weighted by Crippen LogP contribution is -2.48. The Kier molecular flexibility index (Phi) is 6.47. The zero-order chi connectivity index (χ0) is 20.2. The van der Waals surface area contributed by atoms with Crippen LogP contribution in [0.25, 0.3) is 10.2 Å². The van der Waals surface area contributed by atoms with E-state index in [1.807, 2.05) is 47.4 Å². The quantitative estimate of drug-likeness (QED) is 0.508. The number of hydrogen-bond acceptors (Lipinski definition) is 6. The van der Waals surface area contributed by atoms with Crippen LogP contribution in [0.15, 0.2) is 47.4 Å². The first-order valence-electron chi connectivity index (χ1n) is 9.48. The van der Waals surface area contributed by atoms with Gasteiger partial charge in [0.25, 0.3) is 0 Å². The Labute approximate surface area is 183 Å². The van der Waals surface area contributed by atoms with Crippen molar-refractivity contribution in [2.75, 3.05) is 43.9 Å². The van der Waals surface area contributed by atoms with Crippen molar-refractivity contribution in [3.8, 4) is 5.75 Å². The molecule has 1 amide bonds. The predicted molar refractivity (Wildman–Crippen MR) is 122 cm³/mol. The summed E-state index contributed by atoms with van der Waals surface area (Å²) in [5.41, 5.74) is 0.989. The first-order chi connectivity index (χ1) is 14.1. The van der Waals surface area contributed by atoms with Crippen LogP contribution in [-0.4, -0.2) is 54.8 Å². The largest absolute Gasteiger partial charge is 0.497 e. The second-order valence-electron chi connectivity index (χ2n) is 6.75. The van der Waals surface area contributed by atoms with Crippen LogP contribution < -0.4 is 9.64 Å². The standard InChI is InChI=1S/C21H22ClN3O2S2/c1-27-16-4-7-18-19(14-16)29-21(23-18)25-11-9-24(10-12-25)20(26)8-13-28-17-5-2-15(22)3-6-17/h2-7,14H,8-13H2,1H3. The number of halogens is 1. The minimum atomic E-state index is 0.222. The molecule has 2 heterocycles. The summed E-state index contributed by atoms with van der Waals surface area (Å²) in [6.07, 6.45) is 0.550. The van der Waals surface area contributed by atoms with Gasteiger partial charge in [0.05, 0.1) is 17.3 Å². The molecule has 8 heteroatoms. The number of carbonyl (C=O) groups is 1. The van der Waals surface area contributed by atoms with Gasteiger partial charge in [0.2, 0.25) is 5.91 Å². The number of ether oxygens (including phenoxy) is 1. The van der Waals surface area contributed by atoms with E-state index in [0.717, 1.165) is 62.9 Å². The Morgan fingerprint density at radius 3 is 2.66 bits per heavy atom. The summed E-state index contributed by atoms with van der Waals surface area (Å²) in [6.45, 7) is 3.10. The van der Waals surface area contributed by atoms with Crippen molar-refractivity contribution in [1.29, 1.82) is 0 Å². The number of fused-ring (bicyclic) bond motifs is 1. The monoisotopic (exact) mass is 447 g/mol. The van der Waals surface area contributed by atoms with Crippen LogP contribution in [0.1, 0.15) is 6.42 Å². The Balaban J connectivity index is 1.27. The summed E-state index contributed by atoms with van der Waals surface area (Å²) in [4.78, 5) is 22.7. The summed E-state index contributed by atoms with van der Waals surface area (Å²) in [5, 5.41) is 1.74. The van der Waals surface area contributed by atoms with E-state index in [-0.39, 0.29) is 5.91 Å². The smallest absolute Gasteiger partial charge is 0.223 e. The van der Waals surface area contributed by atoms with Crippen molar-refractivity contribution < 1.29 is 9.53 Å². The maximum atomic E-state index is 12.5. The highest BCUT2D eigenvalue weighted by molar-refractivity contribution is 7.99. The Morgan fingerprint density at radius 2 is 1.93 bits per heavy atom. The highest BCUT2D eigenvalue weighted by atomic mass is 35.5. The van der Waals surface area contributed by atoms with Crippen molar-refractivity contribution in [2.24, 2.45) is 0 Å². The fourth-order valence-corrected chi connectivity index (χ4v) is 5.26. The molecule has 152 valence electrons. The Morgan fingerprint density at radius 1 is 1.17 bits per heavy atom. The van der Waals surface area contributed by atoms with Gasteiger partial charge in [-0.3, -0.25) is 4.79 Å². The number of rotatable bonds is 6. The lowest BCUT2D eigenvalue weighted by Gasteiger charge is -2.34. The fourth-order valence-electron chi connectivity index (χ4n) is 3.25. The van der Waals surface area contributed by atoms with E-state index in [0.29, 0.717) is 6.42 Å². The average Bonchev–Trinajstić information content (AvgIpc) is 3.18. The van der Waals surface area contributed by atoms with Crippen LogP contribution in [-0.2, 0) is 4.79 Å². The maximum absolute atomic E-state index is 12.5. The van der Waals surface area contributed by atoms with Crippen LogP contribution in [0.2, 0.25) is 5.02 Å². The molecule has 0 N–H and O–H groups in total. The number of anilines is 1. The summed E-state index contributed by atoms with van der Waals surface area (Å²) < 4.78 is 6.42. The number of nitrogens with zero attached hydrogens (tertiary/aromatic N) is 3. The second kappa shape index (κ2) is 9.24. The van der Waals surface area contributed by atoms with Crippen molar-refractivity contribution in [3.05, 3.63) is 47.5 Å². The normalized spacial score (nSPS) is 14.4. The average molecular weight is 448 g/mol. The zero-order valence-corrected chi connectivity index (χ0v) is 18.5. The number of thioether (sulfide) groups is 1. The number of aromatic nitrogens is 1. The van der Waals surface area contributed by atoms with Gasteiger partial charge in [-0.1, -0.05) is 22.9 Å². The molecule has 0 atom stereocenters. The third-order valence-corrected chi connectivity index (χ3v) is 7.23. The van der Waals surface area contributed by atoms with E-state index < -0.39 is 0 Å². The molecule has 1 aromatic heterocycles. The van der Waals surface area contributed by atoms with Gasteiger partial charge in [0.15, 0.2) is 5.13 Å². The molecule has 29 heavy (non-hydrogen) atoms. The molecule has 3 aromatic rings. The number of carbonyl (C=O) groups excluding carboxylic acids is 1. The molecule has 0 unspecified atom stereocenters. The van der Waals surface area contributed by atoms with E-state index in [2.05, 4.69) is 4.90 Å². The van der Waals surface area contributed by atoms with Crippen LogP contribution in [0, 0.1) is 0 Å². The second-order valence-corrected chi connectivity index (χ2v) is 9.36. The third-order valence-electron chi connectivity index (χ3n) is 4.89. The van der Waals surface area contributed by atoms with Crippen LogP contribution in [0.5, 0.6) is 5.75 Å². The minimum absolute atomic E-state index is 0.222. The van der Waals surface area contributed by atoms with Gasteiger partial charge in [0.1, 0.15) is 5.75 Å². The van der Waals surface area contributed by atoms with Gasteiger partial charge in [0, 0.05) is 48.3 Å². The topological polar surface area (TPSA) is 45.7 Å². The van der Waals surface area contributed by atoms with Gasteiger partial charge in [-0.05, 0) is 42.5 Å². The van der Waals surface area contributed by atoms with Gasteiger partial charge in [-0.15, -0.1) is 11.8 Å². The lowest BCUT2D eigenvalue weighted by atomic mass is 10.3. The lowest BCUT2D eigenvalue weighted by molar-refractivity contribution is -0.131. The predicted octanol–water partition coefficient (Wildman–Crippen LogP) is 4.79. The molecule has 0 radical (unpaired) electrons. The molecule has 1 aliphatic rings. The molecule has 1 fully saturated rings. The fraction of sp³-hybridized carbons (Fsp3) is 0.333. The molecule has 0 bridgehead atoms. The highest BCUT2D eigenvalue weighted by Crippen LogP contribution is 2.32. The summed E-state index contributed by atoms with van der Waals surface area (Å²) in [6, 6.07) is 13.7. The summed E-state index contributed by atoms with van der Waals surface area (Å²) in [7, 11) is 1.67. The molecule has 0 spiro atoms. The third kappa shape index (κ3) is 4.97. The summed E-state index contributed by atoms with van der Waals surface area (Å²) >= 11 is 9.27. The van der Waals surface area contributed by atoms with Crippen LogP contribution in [0.4, 0.5) is 5.13 Å². The zero-order valence-electron chi connectivity index (χ0n) is 16.1. The number of amides is 1. The molecule has 0 aliphatic carbocycles. The van der Waals surface area contributed by atoms with E-state index >= 15 is 0 Å². The number of benzene rings is 2. The van der Waals surface area contributed by atoms with Gasteiger partial charge >= 0.3 is 0 Å². The SMILES string of the molecule is COc1ccc2nc(N3CCN(C(=O)CCSc4ccc(Cl)cc4)CC3)sc2c1. The Bertz CT molecular complexity index is 985. The minimum Gasteiger partial charge on any atom is -0.497 e. The van der Waals surface area contributed by atoms with Crippen molar-refractivity contribution >= 4 is 56.0 Å².